The first-order chi connectivity index (χ1) is 13.0. The molecule has 2 aromatic rings. The number of nitrogens with zero attached hydrogens (tertiary/aromatic N) is 1. The second-order valence-corrected chi connectivity index (χ2v) is 6.88. The summed E-state index contributed by atoms with van der Waals surface area (Å²) < 4.78 is 5.78. The number of ether oxygens (including phenoxy) is 1. The number of nitrogens with one attached hydrogen (secondary N) is 1. The molecular weight excluding hydrogens is 459 g/mol. The van der Waals surface area contributed by atoms with Crippen LogP contribution < -0.4 is 5.32 Å². The van der Waals surface area contributed by atoms with Gasteiger partial charge in [0.25, 0.3) is 11.8 Å². The maximum absolute atomic E-state index is 12.2. The van der Waals surface area contributed by atoms with Gasteiger partial charge in [0.05, 0.1) is 5.56 Å². The molecule has 0 atom stereocenters. The van der Waals surface area contributed by atoms with Crippen LogP contribution in [0.3, 0.4) is 0 Å². The second-order valence-electron chi connectivity index (χ2n) is 5.72. The normalized spacial score (nSPS) is 10.1. The van der Waals surface area contributed by atoms with E-state index in [2.05, 4.69) is 27.9 Å². The Morgan fingerprint density at radius 3 is 2.37 bits per heavy atom. The van der Waals surface area contributed by atoms with Gasteiger partial charge in [0, 0.05) is 16.7 Å². The summed E-state index contributed by atoms with van der Waals surface area (Å²) in [5, 5.41) is 2.50. The van der Waals surface area contributed by atoms with Crippen LogP contribution in [0, 0.1) is 3.57 Å². The third-order valence-electron chi connectivity index (χ3n) is 3.82. The summed E-state index contributed by atoms with van der Waals surface area (Å²) in [7, 11) is 0. The first-order valence-electron chi connectivity index (χ1n) is 8.51. The Bertz CT molecular complexity index is 796. The second kappa shape index (κ2) is 10.7. The molecule has 0 aliphatic rings. The smallest absolute Gasteiger partial charge is 0.325 e. The Morgan fingerprint density at radius 2 is 1.70 bits per heavy atom. The van der Waals surface area contributed by atoms with Gasteiger partial charge in [0.1, 0.15) is 6.54 Å². The fourth-order valence-corrected chi connectivity index (χ4v) is 2.99. The number of hydrogen-bond donors (Lipinski definition) is 1. The van der Waals surface area contributed by atoms with Crippen LogP contribution in [-0.2, 0) is 20.9 Å². The van der Waals surface area contributed by atoms with Crippen LogP contribution in [0.1, 0.15) is 22.8 Å². The Kier molecular flexibility index (Phi) is 8.25. The van der Waals surface area contributed by atoms with Gasteiger partial charge >= 0.3 is 5.97 Å². The van der Waals surface area contributed by atoms with Crippen molar-refractivity contribution in [3.05, 3.63) is 69.3 Å². The molecule has 0 radical (unpaired) electrons. The van der Waals surface area contributed by atoms with Gasteiger partial charge in [0.2, 0.25) is 0 Å². The van der Waals surface area contributed by atoms with E-state index in [1.165, 1.54) is 0 Å². The van der Waals surface area contributed by atoms with E-state index >= 15 is 0 Å². The predicted molar refractivity (Wildman–Crippen MR) is 110 cm³/mol. The van der Waals surface area contributed by atoms with E-state index < -0.39 is 5.97 Å². The molecule has 142 valence electrons. The predicted octanol–water partition coefficient (Wildman–Crippen LogP) is 2.61. The summed E-state index contributed by atoms with van der Waals surface area (Å²) in [6, 6.07) is 16.6. The van der Waals surface area contributed by atoms with Crippen LogP contribution >= 0.6 is 22.6 Å². The van der Waals surface area contributed by atoms with Crippen molar-refractivity contribution in [1.29, 1.82) is 0 Å². The van der Waals surface area contributed by atoms with E-state index in [1.807, 2.05) is 43.3 Å². The Balaban J connectivity index is 1.77. The SMILES string of the molecule is CCN(Cc1ccccc1)C(=O)COC(=O)CNC(=O)c1ccccc1I. The van der Waals surface area contributed by atoms with Crippen molar-refractivity contribution in [1.82, 2.24) is 10.2 Å². The molecule has 0 saturated carbocycles. The number of rotatable bonds is 8. The quantitative estimate of drug-likeness (QED) is 0.466. The Morgan fingerprint density at radius 1 is 1.04 bits per heavy atom. The van der Waals surface area contributed by atoms with Crippen molar-refractivity contribution >= 4 is 40.4 Å². The number of carbonyl (C=O) groups is 3. The topological polar surface area (TPSA) is 75.7 Å². The average molecular weight is 480 g/mol. The van der Waals surface area contributed by atoms with Gasteiger partial charge in [-0.25, -0.2) is 0 Å². The highest BCUT2D eigenvalue weighted by molar-refractivity contribution is 14.1. The largest absolute Gasteiger partial charge is 0.454 e. The summed E-state index contributed by atoms with van der Waals surface area (Å²) in [5.74, 6) is -1.29. The zero-order valence-corrected chi connectivity index (χ0v) is 17.1. The molecule has 2 amide bonds. The number of esters is 1. The minimum atomic E-state index is -0.654. The maximum atomic E-state index is 12.2. The molecule has 0 unspecified atom stereocenters. The standard InChI is InChI=1S/C20H21IN2O4/c1-2-23(13-15-8-4-3-5-9-15)18(24)14-27-19(25)12-22-20(26)16-10-6-7-11-17(16)21/h3-11H,2,12-14H2,1H3,(H,22,26). The summed E-state index contributed by atoms with van der Waals surface area (Å²) >= 11 is 2.05. The van der Waals surface area contributed by atoms with Gasteiger partial charge in [-0.15, -0.1) is 0 Å². The van der Waals surface area contributed by atoms with Crippen molar-refractivity contribution in [2.24, 2.45) is 0 Å². The molecule has 0 aliphatic heterocycles. The van der Waals surface area contributed by atoms with Gasteiger partial charge in [-0.05, 0) is 47.2 Å². The fraction of sp³-hybridized carbons (Fsp3) is 0.250. The lowest BCUT2D eigenvalue weighted by Crippen LogP contribution is -2.36. The molecule has 2 rings (SSSR count). The van der Waals surface area contributed by atoms with Gasteiger partial charge in [-0.3, -0.25) is 14.4 Å². The molecule has 0 fully saturated rings. The van der Waals surface area contributed by atoms with E-state index in [-0.39, 0.29) is 25.0 Å². The minimum Gasteiger partial charge on any atom is -0.454 e. The number of benzene rings is 2. The molecule has 0 spiro atoms. The van der Waals surface area contributed by atoms with Crippen LogP contribution in [0.2, 0.25) is 0 Å². The number of hydrogen-bond acceptors (Lipinski definition) is 4. The van der Waals surface area contributed by atoms with E-state index in [0.717, 1.165) is 9.13 Å². The molecule has 1 N–H and O–H groups in total. The molecule has 0 aromatic heterocycles. The zero-order valence-electron chi connectivity index (χ0n) is 15.0. The van der Waals surface area contributed by atoms with Gasteiger partial charge < -0.3 is 15.0 Å². The molecule has 0 saturated heterocycles. The Hall–Kier alpha value is -2.42. The van der Waals surface area contributed by atoms with Gasteiger partial charge in [-0.1, -0.05) is 42.5 Å². The third kappa shape index (κ3) is 6.67. The lowest BCUT2D eigenvalue weighted by molar-refractivity contribution is -0.151. The van der Waals surface area contributed by atoms with Crippen LogP contribution in [0.15, 0.2) is 54.6 Å². The first kappa shape index (κ1) is 20.9. The van der Waals surface area contributed by atoms with E-state index in [4.69, 9.17) is 4.74 Å². The molecule has 0 bridgehead atoms. The molecule has 0 aliphatic carbocycles. The van der Waals surface area contributed by atoms with E-state index in [1.54, 1.807) is 23.1 Å². The average Bonchev–Trinajstić information content (AvgIpc) is 2.69. The summed E-state index contributed by atoms with van der Waals surface area (Å²) in [4.78, 5) is 37.7. The van der Waals surface area contributed by atoms with Crippen molar-refractivity contribution in [3.8, 4) is 0 Å². The minimum absolute atomic E-state index is 0.279. The first-order valence-corrected chi connectivity index (χ1v) is 9.59. The lowest BCUT2D eigenvalue weighted by atomic mass is 10.2. The highest BCUT2D eigenvalue weighted by Crippen LogP contribution is 2.10. The van der Waals surface area contributed by atoms with Crippen LogP contribution in [-0.4, -0.2) is 42.4 Å². The van der Waals surface area contributed by atoms with Crippen LogP contribution in [0.4, 0.5) is 0 Å². The zero-order chi connectivity index (χ0) is 19.6. The van der Waals surface area contributed by atoms with Crippen LogP contribution in [0.25, 0.3) is 0 Å². The van der Waals surface area contributed by atoms with E-state index in [9.17, 15) is 14.4 Å². The van der Waals surface area contributed by atoms with E-state index in [0.29, 0.717) is 18.7 Å². The Labute approximate surface area is 172 Å². The monoisotopic (exact) mass is 480 g/mol. The van der Waals surface area contributed by atoms with Gasteiger partial charge in [0.15, 0.2) is 6.61 Å². The van der Waals surface area contributed by atoms with Crippen molar-refractivity contribution in [3.63, 3.8) is 0 Å². The lowest BCUT2D eigenvalue weighted by Gasteiger charge is -2.20. The summed E-state index contributed by atoms with van der Waals surface area (Å²) in [6.07, 6.45) is 0. The number of amides is 2. The van der Waals surface area contributed by atoms with Crippen molar-refractivity contribution in [2.45, 2.75) is 13.5 Å². The van der Waals surface area contributed by atoms with Gasteiger partial charge in [-0.2, -0.15) is 0 Å². The number of carbonyl (C=O) groups excluding carboxylic acids is 3. The molecule has 0 heterocycles. The molecule has 27 heavy (non-hydrogen) atoms. The third-order valence-corrected chi connectivity index (χ3v) is 4.76. The molecule has 2 aromatic carbocycles. The molecule has 6 nitrogen and oxygen atoms in total. The summed E-state index contributed by atoms with van der Waals surface area (Å²) in [5.41, 5.74) is 1.49. The fourth-order valence-electron chi connectivity index (χ4n) is 2.36. The highest BCUT2D eigenvalue weighted by Gasteiger charge is 2.16. The van der Waals surface area contributed by atoms with Crippen molar-refractivity contribution in [2.75, 3.05) is 19.7 Å². The number of halogens is 1. The van der Waals surface area contributed by atoms with Crippen LogP contribution in [0.5, 0.6) is 0 Å². The maximum Gasteiger partial charge on any atom is 0.325 e. The number of likely N-dealkylation sites (N-methyl/N-ethyl adjacent to an activating group) is 1. The van der Waals surface area contributed by atoms with Crippen molar-refractivity contribution < 1.29 is 19.1 Å². The molecule has 7 heteroatoms. The summed E-state index contributed by atoms with van der Waals surface area (Å²) in [6.45, 7) is 2.19. The highest BCUT2D eigenvalue weighted by atomic mass is 127. The molecular formula is C20H21IN2O4.